The molecule has 0 N–H and O–H groups in total. The highest BCUT2D eigenvalue weighted by molar-refractivity contribution is 5.83. The van der Waals surface area contributed by atoms with Crippen LogP contribution in [0.2, 0.25) is 0 Å². The lowest BCUT2D eigenvalue weighted by atomic mass is 9.80. The standard InChI is InChI=1S/C24H27NO4/c1-5-24(3,23(27)28-6-2)19-8-7-9-20(15-19)29-16-17-10-12-21-18(14-17)11-13-22(26)25(21)4/h7-15H,5-6,16H2,1-4H3. The van der Waals surface area contributed by atoms with E-state index in [9.17, 15) is 9.59 Å². The molecule has 3 rings (SSSR count). The fourth-order valence-corrected chi connectivity index (χ4v) is 3.38. The van der Waals surface area contributed by atoms with Crippen LogP contribution >= 0.6 is 0 Å². The van der Waals surface area contributed by atoms with Crippen LogP contribution in [0.5, 0.6) is 5.75 Å². The van der Waals surface area contributed by atoms with E-state index in [0.29, 0.717) is 25.4 Å². The number of benzene rings is 2. The minimum atomic E-state index is -0.705. The van der Waals surface area contributed by atoms with Crippen LogP contribution in [-0.4, -0.2) is 17.1 Å². The van der Waals surface area contributed by atoms with Crippen molar-refractivity contribution in [2.45, 2.75) is 39.2 Å². The Balaban J connectivity index is 1.80. The summed E-state index contributed by atoms with van der Waals surface area (Å²) < 4.78 is 12.9. The summed E-state index contributed by atoms with van der Waals surface area (Å²) in [6.45, 7) is 6.45. The molecule has 0 radical (unpaired) electrons. The summed E-state index contributed by atoms with van der Waals surface area (Å²) >= 11 is 0. The molecular weight excluding hydrogens is 366 g/mol. The van der Waals surface area contributed by atoms with Gasteiger partial charge in [-0.05, 0) is 67.1 Å². The summed E-state index contributed by atoms with van der Waals surface area (Å²) in [6, 6.07) is 16.9. The molecule has 0 amide bonds. The number of aryl methyl sites for hydroxylation is 1. The average molecular weight is 393 g/mol. The van der Waals surface area contributed by atoms with Crippen LogP contribution in [0.3, 0.4) is 0 Å². The molecule has 5 nitrogen and oxygen atoms in total. The Hall–Kier alpha value is -3.08. The summed E-state index contributed by atoms with van der Waals surface area (Å²) in [5.74, 6) is 0.479. The van der Waals surface area contributed by atoms with Gasteiger partial charge in [0, 0.05) is 13.1 Å². The zero-order chi connectivity index (χ0) is 21.0. The molecule has 0 aliphatic carbocycles. The van der Waals surface area contributed by atoms with Crippen LogP contribution in [0.4, 0.5) is 0 Å². The minimum absolute atomic E-state index is 0.0288. The second-order valence-electron chi connectivity index (χ2n) is 7.35. The van der Waals surface area contributed by atoms with Gasteiger partial charge in [0.1, 0.15) is 12.4 Å². The van der Waals surface area contributed by atoms with E-state index in [1.807, 2.05) is 69.3 Å². The maximum atomic E-state index is 12.5. The van der Waals surface area contributed by atoms with Gasteiger partial charge in [0.15, 0.2) is 0 Å². The second kappa shape index (κ2) is 8.52. The number of rotatable bonds is 7. The normalized spacial score (nSPS) is 13.1. The maximum Gasteiger partial charge on any atom is 0.316 e. The van der Waals surface area contributed by atoms with Crippen LogP contribution in [-0.2, 0) is 28.6 Å². The Morgan fingerprint density at radius 3 is 2.59 bits per heavy atom. The summed E-state index contributed by atoms with van der Waals surface area (Å²) in [5.41, 5.74) is 2.04. The molecular formula is C24H27NO4. The molecule has 1 atom stereocenters. The quantitative estimate of drug-likeness (QED) is 0.560. The van der Waals surface area contributed by atoms with Crippen LogP contribution in [0, 0.1) is 0 Å². The Labute approximate surface area is 170 Å². The summed E-state index contributed by atoms with van der Waals surface area (Å²) in [4.78, 5) is 24.2. The number of aromatic nitrogens is 1. The molecule has 152 valence electrons. The number of pyridine rings is 1. The number of esters is 1. The molecule has 0 aliphatic heterocycles. The van der Waals surface area contributed by atoms with Gasteiger partial charge in [0.05, 0.1) is 17.5 Å². The molecule has 29 heavy (non-hydrogen) atoms. The fraction of sp³-hybridized carbons (Fsp3) is 0.333. The number of hydrogen-bond acceptors (Lipinski definition) is 4. The van der Waals surface area contributed by atoms with Gasteiger partial charge in [-0.3, -0.25) is 9.59 Å². The lowest BCUT2D eigenvalue weighted by Crippen LogP contribution is -2.33. The third-order valence-electron chi connectivity index (χ3n) is 5.50. The number of hydrogen-bond donors (Lipinski definition) is 0. The maximum absolute atomic E-state index is 12.5. The van der Waals surface area contributed by atoms with Crippen molar-refractivity contribution in [3.05, 3.63) is 76.1 Å². The Morgan fingerprint density at radius 2 is 1.86 bits per heavy atom. The Bertz CT molecular complexity index is 1090. The number of fused-ring (bicyclic) bond motifs is 1. The molecule has 2 aromatic carbocycles. The van der Waals surface area contributed by atoms with E-state index in [0.717, 1.165) is 22.0 Å². The lowest BCUT2D eigenvalue weighted by molar-refractivity contribution is -0.149. The van der Waals surface area contributed by atoms with Gasteiger partial charge in [-0.2, -0.15) is 0 Å². The van der Waals surface area contributed by atoms with E-state index in [1.54, 1.807) is 17.7 Å². The van der Waals surface area contributed by atoms with E-state index < -0.39 is 5.41 Å². The van der Waals surface area contributed by atoms with Crippen LogP contribution < -0.4 is 10.3 Å². The van der Waals surface area contributed by atoms with E-state index in [2.05, 4.69) is 0 Å². The van der Waals surface area contributed by atoms with Gasteiger partial charge in [-0.15, -0.1) is 0 Å². The van der Waals surface area contributed by atoms with Gasteiger partial charge < -0.3 is 14.0 Å². The monoisotopic (exact) mass is 393 g/mol. The second-order valence-corrected chi connectivity index (χ2v) is 7.35. The van der Waals surface area contributed by atoms with Crippen molar-refractivity contribution in [1.29, 1.82) is 0 Å². The smallest absolute Gasteiger partial charge is 0.316 e. The van der Waals surface area contributed by atoms with Gasteiger partial charge in [-0.25, -0.2) is 0 Å². The number of carbonyl (C=O) groups excluding carboxylic acids is 1. The first-order valence-corrected chi connectivity index (χ1v) is 9.88. The van der Waals surface area contributed by atoms with Gasteiger partial charge >= 0.3 is 5.97 Å². The van der Waals surface area contributed by atoms with Crippen molar-refractivity contribution in [3.63, 3.8) is 0 Å². The third-order valence-corrected chi connectivity index (χ3v) is 5.50. The number of ether oxygens (including phenoxy) is 2. The molecule has 1 heterocycles. The topological polar surface area (TPSA) is 57.5 Å². The van der Waals surface area contributed by atoms with Gasteiger partial charge in [0.2, 0.25) is 0 Å². The predicted octanol–water partition coefficient (Wildman–Crippen LogP) is 4.35. The van der Waals surface area contributed by atoms with E-state index in [-0.39, 0.29) is 11.5 Å². The van der Waals surface area contributed by atoms with Crippen molar-refractivity contribution >= 4 is 16.9 Å². The van der Waals surface area contributed by atoms with Crippen molar-refractivity contribution in [3.8, 4) is 5.75 Å². The molecule has 0 fully saturated rings. The van der Waals surface area contributed by atoms with Crippen molar-refractivity contribution < 1.29 is 14.3 Å². The van der Waals surface area contributed by atoms with E-state index in [1.165, 1.54) is 0 Å². The summed E-state index contributed by atoms with van der Waals surface area (Å²) in [7, 11) is 1.76. The molecule has 0 bridgehead atoms. The van der Waals surface area contributed by atoms with E-state index >= 15 is 0 Å². The molecule has 1 unspecified atom stereocenters. The predicted molar refractivity (Wildman–Crippen MR) is 114 cm³/mol. The zero-order valence-electron chi connectivity index (χ0n) is 17.4. The van der Waals surface area contributed by atoms with E-state index in [4.69, 9.17) is 9.47 Å². The zero-order valence-corrected chi connectivity index (χ0v) is 17.4. The van der Waals surface area contributed by atoms with Gasteiger partial charge in [0.25, 0.3) is 5.56 Å². The number of carbonyl (C=O) groups is 1. The Morgan fingerprint density at radius 1 is 1.07 bits per heavy atom. The molecule has 0 aliphatic rings. The molecule has 3 aromatic rings. The van der Waals surface area contributed by atoms with Crippen molar-refractivity contribution in [2.24, 2.45) is 7.05 Å². The van der Waals surface area contributed by atoms with Crippen LogP contribution in [0.25, 0.3) is 10.9 Å². The highest BCUT2D eigenvalue weighted by Crippen LogP contribution is 2.31. The van der Waals surface area contributed by atoms with Crippen molar-refractivity contribution in [2.75, 3.05) is 6.61 Å². The van der Waals surface area contributed by atoms with Crippen LogP contribution in [0.1, 0.15) is 38.3 Å². The summed E-state index contributed by atoms with van der Waals surface area (Å²) in [6.07, 6.45) is 0.638. The highest BCUT2D eigenvalue weighted by Gasteiger charge is 2.35. The van der Waals surface area contributed by atoms with Crippen LogP contribution in [0.15, 0.2) is 59.4 Å². The summed E-state index contributed by atoms with van der Waals surface area (Å²) in [5, 5.41) is 0.989. The first-order valence-electron chi connectivity index (χ1n) is 9.88. The lowest BCUT2D eigenvalue weighted by Gasteiger charge is -2.26. The molecule has 5 heteroatoms. The van der Waals surface area contributed by atoms with Gasteiger partial charge in [-0.1, -0.05) is 25.1 Å². The fourth-order valence-electron chi connectivity index (χ4n) is 3.38. The first-order chi connectivity index (χ1) is 13.9. The minimum Gasteiger partial charge on any atom is -0.489 e. The Kier molecular flexibility index (Phi) is 6.06. The molecule has 0 saturated heterocycles. The third kappa shape index (κ3) is 4.19. The van der Waals surface area contributed by atoms with Crippen molar-refractivity contribution in [1.82, 2.24) is 4.57 Å². The average Bonchev–Trinajstić information content (AvgIpc) is 2.74. The first kappa shape index (κ1) is 20.6. The molecule has 0 saturated carbocycles. The SMILES string of the molecule is CCOC(=O)C(C)(CC)c1cccc(OCc2ccc3c(ccc(=O)n3C)c2)c1. The largest absolute Gasteiger partial charge is 0.489 e. The highest BCUT2D eigenvalue weighted by atomic mass is 16.5. The number of nitrogens with zero attached hydrogens (tertiary/aromatic N) is 1. The molecule has 1 aromatic heterocycles. The molecule has 0 spiro atoms.